The number of carbonyl (C=O) groups is 1. The Kier molecular flexibility index (Phi) is 9.15. The molecule has 42 heavy (non-hydrogen) atoms. The zero-order valence-corrected chi connectivity index (χ0v) is 25.5. The number of carbonyl (C=O) groups excluding carboxylic acids is 1. The van der Waals surface area contributed by atoms with E-state index in [0.717, 1.165) is 24.2 Å². The minimum Gasteiger partial charge on any atom is -0.493 e. The fraction of sp³-hybridized carbons (Fsp3) is 0.419. The Balaban J connectivity index is 1.35. The van der Waals surface area contributed by atoms with Gasteiger partial charge in [-0.3, -0.25) is 9.78 Å². The van der Waals surface area contributed by atoms with Crippen LogP contribution in [-0.2, 0) is 15.9 Å². The van der Waals surface area contributed by atoms with E-state index >= 15 is 0 Å². The average Bonchev–Trinajstić information content (AvgIpc) is 3.47. The van der Waals surface area contributed by atoms with Crippen LogP contribution in [0, 0.1) is 0 Å². The third kappa shape index (κ3) is 6.02. The minimum absolute atomic E-state index is 0.0937. The van der Waals surface area contributed by atoms with E-state index in [9.17, 15) is 9.90 Å². The van der Waals surface area contributed by atoms with Crippen molar-refractivity contribution in [2.24, 2.45) is 0 Å². The monoisotopic (exact) mass is 615 g/mol. The standard InChI is InChI=1S/C31H35Cl2N3O6/c1-39-26-15-21(16-27(40-2)28(26)41-3)29(37)36-19-31(42-20-36,22-6-7-24(32)25(33)17-22)10-14-35-12-8-30(38,9-13-35)23-5-4-11-34-18-23/h4-7,11,15-18,38H,8-10,12-14,19-20H2,1-3H3/t31-/m0/s1. The van der Waals surface area contributed by atoms with Crippen LogP contribution >= 0.6 is 23.2 Å². The number of pyridine rings is 1. The van der Waals surface area contributed by atoms with Gasteiger partial charge in [0.05, 0.1) is 43.5 Å². The number of hydrogen-bond acceptors (Lipinski definition) is 8. The summed E-state index contributed by atoms with van der Waals surface area (Å²) in [7, 11) is 4.54. The number of ether oxygens (including phenoxy) is 4. The number of piperidine rings is 1. The van der Waals surface area contributed by atoms with Gasteiger partial charge in [0.1, 0.15) is 12.3 Å². The molecule has 2 aliphatic heterocycles. The lowest BCUT2D eigenvalue weighted by atomic mass is 9.84. The molecule has 3 heterocycles. The van der Waals surface area contributed by atoms with E-state index in [4.69, 9.17) is 42.1 Å². The van der Waals surface area contributed by atoms with Gasteiger partial charge >= 0.3 is 0 Å². The molecule has 2 aliphatic rings. The molecule has 1 aromatic heterocycles. The van der Waals surface area contributed by atoms with Gasteiger partial charge in [0.2, 0.25) is 5.75 Å². The summed E-state index contributed by atoms with van der Waals surface area (Å²) in [6, 6.07) is 12.5. The van der Waals surface area contributed by atoms with Crippen LogP contribution in [0.15, 0.2) is 54.9 Å². The molecule has 5 rings (SSSR count). The smallest absolute Gasteiger partial charge is 0.256 e. The van der Waals surface area contributed by atoms with Gasteiger partial charge in [0.25, 0.3) is 5.91 Å². The lowest BCUT2D eigenvalue weighted by molar-refractivity contribution is -0.0404. The molecule has 0 saturated carbocycles. The second-order valence-electron chi connectivity index (χ2n) is 10.7. The van der Waals surface area contributed by atoms with E-state index < -0.39 is 11.2 Å². The van der Waals surface area contributed by atoms with Crippen molar-refractivity contribution in [3.05, 3.63) is 81.6 Å². The molecule has 2 saturated heterocycles. The van der Waals surface area contributed by atoms with E-state index in [-0.39, 0.29) is 12.6 Å². The van der Waals surface area contributed by atoms with Crippen molar-refractivity contribution in [3.8, 4) is 17.2 Å². The first-order valence-electron chi connectivity index (χ1n) is 13.8. The molecular formula is C31H35Cl2N3O6. The summed E-state index contributed by atoms with van der Waals surface area (Å²) in [5.41, 5.74) is 0.392. The first-order valence-corrected chi connectivity index (χ1v) is 14.5. The zero-order valence-electron chi connectivity index (χ0n) is 23.9. The third-order valence-electron chi connectivity index (χ3n) is 8.30. The molecule has 9 nitrogen and oxygen atoms in total. The van der Waals surface area contributed by atoms with Crippen LogP contribution < -0.4 is 14.2 Å². The molecular weight excluding hydrogens is 581 g/mol. The molecule has 3 aromatic rings. The normalized spacial score (nSPS) is 20.4. The largest absolute Gasteiger partial charge is 0.493 e. The molecule has 0 bridgehead atoms. The third-order valence-corrected chi connectivity index (χ3v) is 9.04. The predicted molar refractivity (Wildman–Crippen MR) is 160 cm³/mol. The fourth-order valence-electron chi connectivity index (χ4n) is 5.78. The predicted octanol–water partition coefficient (Wildman–Crippen LogP) is 5.11. The molecule has 1 atom stereocenters. The van der Waals surface area contributed by atoms with Gasteiger partial charge in [-0.1, -0.05) is 35.3 Å². The summed E-state index contributed by atoms with van der Waals surface area (Å²) in [5.74, 6) is 0.979. The lowest BCUT2D eigenvalue weighted by Crippen LogP contribution is -2.45. The van der Waals surface area contributed by atoms with Crippen molar-refractivity contribution in [1.82, 2.24) is 14.8 Å². The second-order valence-corrected chi connectivity index (χ2v) is 11.5. The highest BCUT2D eigenvalue weighted by Gasteiger charge is 2.44. The van der Waals surface area contributed by atoms with Crippen molar-refractivity contribution in [2.45, 2.75) is 30.5 Å². The topological polar surface area (TPSA) is 93.6 Å². The van der Waals surface area contributed by atoms with Gasteiger partial charge in [-0.25, -0.2) is 0 Å². The van der Waals surface area contributed by atoms with Crippen molar-refractivity contribution in [1.29, 1.82) is 0 Å². The van der Waals surface area contributed by atoms with Crippen molar-refractivity contribution >= 4 is 29.1 Å². The van der Waals surface area contributed by atoms with Crippen LogP contribution in [0.25, 0.3) is 0 Å². The number of nitrogens with zero attached hydrogens (tertiary/aromatic N) is 3. The van der Waals surface area contributed by atoms with E-state index in [1.54, 1.807) is 35.5 Å². The number of likely N-dealkylation sites (tertiary alicyclic amines) is 1. The number of hydrogen-bond donors (Lipinski definition) is 1. The molecule has 1 N–H and O–H groups in total. The minimum atomic E-state index is -0.889. The van der Waals surface area contributed by atoms with Crippen molar-refractivity contribution < 1.29 is 28.8 Å². The number of aliphatic hydroxyl groups is 1. The summed E-state index contributed by atoms with van der Waals surface area (Å²) < 4.78 is 22.8. The van der Waals surface area contributed by atoms with Crippen LogP contribution in [0.5, 0.6) is 17.2 Å². The second kappa shape index (κ2) is 12.7. The Morgan fingerprint density at radius 1 is 1.00 bits per heavy atom. The number of benzene rings is 2. The Hall–Kier alpha value is -3.08. The number of methoxy groups -OCH3 is 3. The summed E-state index contributed by atoms with van der Waals surface area (Å²) in [6.07, 6.45) is 5.26. The molecule has 1 amide bonds. The van der Waals surface area contributed by atoms with Gasteiger partial charge in [-0.05, 0) is 55.2 Å². The number of amides is 1. The maximum atomic E-state index is 13.7. The van der Waals surface area contributed by atoms with Crippen LogP contribution in [0.2, 0.25) is 10.0 Å². The Bertz CT molecular complexity index is 1390. The first-order chi connectivity index (χ1) is 20.2. The summed E-state index contributed by atoms with van der Waals surface area (Å²) >= 11 is 12.7. The Labute approximate surface area is 255 Å². The van der Waals surface area contributed by atoms with E-state index in [1.165, 1.54) is 21.3 Å². The molecule has 2 aromatic carbocycles. The Morgan fingerprint density at radius 3 is 2.31 bits per heavy atom. The van der Waals surface area contributed by atoms with Crippen molar-refractivity contribution in [2.75, 3.05) is 54.2 Å². The van der Waals surface area contributed by atoms with E-state index in [1.807, 2.05) is 24.3 Å². The Morgan fingerprint density at radius 2 is 1.71 bits per heavy atom. The number of rotatable bonds is 9. The maximum absolute atomic E-state index is 13.7. The summed E-state index contributed by atoms with van der Waals surface area (Å²) in [4.78, 5) is 21.9. The van der Waals surface area contributed by atoms with Crippen LogP contribution in [0.3, 0.4) is 0 Å². The SMILES string of the molecule is COc1cc(C(=O)N2CO[C@](CCN3CCC(O)(c4cccnc4)CC3)(c3ccc(Cl)c(Cl)c3)C2)cc(OC)c1OC. The molecule has 0 aliphatic carbocycles. The zero-order chi connectivity index (χ0) is 29.9. The van der Waals surface area contributed by atoms with Gasteiger partial charge in [0, 0.05) is 43.2 Å². The fourth-order valence-corrected chi connectivity index (χ4v) is 6.08. The van der Waals surface area contributed by atoms with Crippen LogP contribution in [0.1, 0.15) is 40.7 Å². The first kappa shape index (κ1) is 30.4. The highest BCUT2D eigenvalue weighted by Crippen LogP contribution is 2.42. The number of aromatic nitrogens is 1. The highest BCUT2D eigenvalue weighted by atomic mass is 35.5. The lowest BCUT2D eigenvalue weighted by Gasteiger charge is -2.39. The molecule has 0 radical (unpaired) electrons. The van der Waals surface area contributed by atoms with Gasteiger partial charge in [-0.2, -0.15) is 0 Å². The molecule has 2 fully saturated rings. The van der Waals surface area contributed by atoms with Gasteiger partial charge < -0.3 is 33.9 Å². The average molecular weight is 617 g/mol. The number of halogens is 2. The van der Waals surface area contributed by atoms with E-state index in [0.29, 0.717) is 65.2 Å². The van der Waals surface area contributed by atoms with Crippen LogP contribution in [0.4, 0.5) is 0 Å². The summed E-state index contributed by atoms with van der Waals surface area (Å²) in [6.45, 7) is 2.55. The molecule has 11 heteroatoms. The quantitative estimate of drug-likeness (QED) is 0.355. The summed E-state index contributed by atoms with van der Waals surface area (Å²) in [5, 5.41) is 12.1. The van der Waals surface area contributed by atoms with Crippen LogP contribution in [-0.4, -0.2) is 80.0 Å². The maximum Gasteiger partial charge on any atom is 0.256 e. The van der Waals surface area contributed by atoms with Gasteiger partial charge in [0.15, 0.2) is 11.5 Å². The van der Waals surface area contributed by atoms with Gasteiger partial charge in [-0.15, -0.1) is 0 Å². The van der Waals surface area contributed by atoms with E-state index in [2.05, 4.69) is 9.88 Å². The van der Waals surface area contributed by atoms with Crippen molar-refractivity contribution in [3.63, 3.8) is 0 Å². The molecule has 0 spiro atoms. The molecule has 224 valence electrons. The highest BCUT2D eigenvalue weighted by molar-refractivity contribution is 6.42. The molecule has 0 unspecified atom stereocenters.